The Kier molecular flexibility index (Phi) is 5.85. The first-order chi connectivity index (χ1) is 11.1. The molecule has 0 aromatic heterocycles. The molecule has 6 heteroatoms. The van der Waals surface area contributed by atoms with E-state index in [1.807, 2.05) is 24.3 Å². The lowest BCUT2D eigenvalue weighted by atomic mass is 10.1. The van der Waals surface area contributed by atoms with Crippen LogP contribution < -0.4 is 4.74 Å². The van der Waals surface area contributed by atoms with Gasteiger partial charge in [-0.15, -0.1) is 0 Å². The summed E-state index contributed by atoms with van der Waals surface area (Å²) >= 11 is 0. The number of aliphatic hydroxyl groups excluding tert-OH is 2. The van der Waals surface area contributed by atoms with Gasteiger partial charge in [-0.3, -0.25) is 10.1 Å². The van der Waals surface area contributed by atoms with Crippen LogP contribution in [-0.4, -0.2) is 34.5 Å². The number of nitro benzene ring substituents is 1. The van der Waals surface area contributed by atoms with Gasteiger partial charge in [0.25, 0.3) is 5.69 Å². The van der Waals surface area contributed by atoms with Gasteiger partial charge in [-0.05, 0) is 35.4 Å². The molecule has 0 fully saturated rings. The third-order valence-electron chi connectivity index (χ3n) is 3.16. The molecule has 2 aromatic rings. The highest BCUT2D eigenvalue weighted by Crippen LogP contribution is 2.17. The van der Waals surface area contributed by atoms with Crippen LogP contribution in [0.4, 0.5) is 5.69 Å². The average Bonchev–Trinajstić information content (AvgIpc) is 2.59. The van der Waals surface area contributed by atoms with Crippen molar-refractivity contribution in [2.75, 3.05) is 13.2 Å². The van der Waals surface area contributed by atoms with Gasteiger partial charge in [0, 0.05) is 12.1 Å². The first kappa shape index (κ1) is 16.7. The van der Waals surface area contributed by atoms with Crippen molar-refractivity contribution in [1.82, 2.24) is 0 Å². The van der Waals surface area contributed by atoms with E-state index >= 15 is 0 Å². The van der Waals surface area contributed by atoms with Gasteiger partial charge >= 0.3 is 0 Å². The number of benzene rings is 2. The Balaban J connectivity index is 2.01. The number of hydrogen-bond donors (Lipinski definition) is 2. The van der Waals surface area contributed by atoms with Crippen LogP contribution in [0.2, 0.25) is 0 Å². The lowest BCUT2D eigenvalue weighted by Gasteiger charge is -2.14. The van der Waals surface area contributed by atoms with Gasteiger partial charge in [0.15, 0.2) is 0 Å². The third kappa shape index (κ3) is 4.91. The zero-order valence-electron chi connectivity index (χ0n) is 12.3. The lowest BCUT2D eigenvalue weighted by molar-refractivity contribution is -0.384. The molecule has 0 aliphatic carbocycles. The summed E-state index contributed by atoms with van der Waals surface area (Å²) in [4.78, 5) is 10.2. The van der Waals surface area contributed by atoms with Crippen LogP contribution >= 0.6 is 0 Å². The number of ether oxygens (including phenoxy) is 1. The molecular weight excluding hydrogens is 298 g/mol. The first-order valence-corrected chi connectivity index (χ1v) is 7.03. The third-order valence-corrected chi connectivity index (χ3v) is 3.16. The van der Waals surface area contributed by atoms with Gasteiger partial charge in [-0.1, -0.05) is 24.3 Å². The van der Waals surface area contributed by atoms with Gasteiger partial charge in [0.2, 0.25) is 0 Å². The number of hydrogen-bond acceptors (Lipinski definition) is 5. The Bertz CT molecular complexity index is 660. The Morgan fingerprint density at radius 2 is 1.43 bits per heavy atom. The van der Waals surface area contributed by atoms with Crippen molar-refractivity contribution < 1.29 is 19.9 Å². The van der Waals surface area contributed by atoms with Crippen molar-refractivity contribution >= 4 is 17.8 Å². The van der Waals surface area contributed by atoms with E-state index in [1.165, 1.54) is 12.1 Å². The maximum Gasteiger partial charge on any atom is 0.269 e. The first-order valence-electron chi connectivity index (χ1n) is 7.03. The van der Waals surface area contributed by atoms with Gasteiger partial charge in [0.1, 0.15) is 11.9 Å². The van der Waals surface area contributed by atoms with Gasteiger partial charge in [0.05, 0.1) is 18.1 Å². The maximum atomic E-state index is 10.6. The van der Waals surface area contributed by atoms with Crippen molar-refractivity contribution in [3.63, 3.8) is 0 Å². The van der Waals surface area contributed by atoms with Crippen molar-refractivity contribution in [1.29, 1.82) is 0 Å². The topological polar surface area (TPSA) is 92.8 Å². The second kappa shape index (κ2) is 8.07. The molecule has 2 rings (SSSR count). The minimum Gasteiger partial charge on any atom is -0.486 e. The van der Waals surface area contributed by atoms with Crippen molar-refractivity contribution in [3.8, 4) is 5.75 Å². The normalized spacial score (nSPS) is 11.1. The van der Waals surface area contributed by atoms with E-state index in [0.717, 1.165) is 11.1 Å². The summed E-state index contributed by atoms with van der Waals surface area (Å²) in [5, 5.41) is 28.5. The van der Waals surface area contributed by atoms with Crippen molar-refractivity contribution in [3.05, 3.63) is 69.8 Å². The maximum absolute atomic E-state index is 10.6. The number of rotatable bonds is 7. The Morgan fingerprint density at radius 1 is 0.957 bits per heavy atom. The summed E-state index contributed by atoms with van der Waals surface area (Å²) in [7, 11) is 0. The van der Waals surface area contributed by atoms with Crippen LogP contribution in [0.3, 0.4) is 0 Å². The van der Waals surface area contributed by atoms with E-state index in [1.54, 1.807) is 24.3 Å². The predicted octanol–water partition coefficient (Wildman–Crippen LogP) is 2.50. The summed E-state index contributed by atoms with van der Waals surface area (Å²) in [6, 6.07) is 13.4. The molecular formula is C17H17NO5. The highest BCUT2D eigenvalue weighted by molar-refractivity contribution is 5.70. The second-order valence-electron chi connectivity index (χ2n) is 4.86. The van der Waals surface area contributed by atoms with Crippen LogP contribution in [0.25, 0.3) is 12.2 Å². The van der Waals surface area contributed by atoms with E-state index in [9.17, 15) is 10.1 Å². The molecule has 0 heterocycles. The highest BCUT2D eigenvalue weighted by atomic mass is 16.6. The van der Waals surface area contributed by atoms with Crippen molar-refractivity contribution in [2.24, 2.45) is 0 Å². The number of aliphatic hydroxyl groups is 2. The van der Waals surface area contributed by atoms with E-state index in [4.69, 9.17) is 14.9 Å². The molecule has 0 aliphatic heterocycles. The molecule has 6 nitrogen and oxygen atoms in total. The molecule has 0 unspecified atom stereocenters. The minimum atomic E-state index is -0.628. The zero-order chi connectivity index (χ0) is 16.7. The second-order valence-corrected chi connectivity index (χ2v) is 4.86. The van der Waals surface area contributed by atoms with Gasteiger partial charge < -0.3 is 14.9 Å². The molecule has 0 spiro atoms. The number of nitrogens with zero attached hydrogens (tertiary/aromatic N) is 1. The highest BCUT2D eigenvalue weighted by Gasteiger charge is 2.06. The average molecular weight is 315 g/mol. The quantitative estimate of drug-likeness (QED) is 0.465. The summed E-state index contributed by atoms with van der Waals surface area (Å²) in [6.07, 6.45) is 3.10. The van der Waals surface area contributed by atoms with E-state index < -0.39 is 11.0 Å². The fraction of sp³-hybridized carbons (Fsp3) is 0.176. The molecule has 0 saturated heterocycles. The van der Waals surface area contributed by atoms with Crippen LogP contribution in [0.1, 0.15) is 11.1 Å². The van der Waals surface area contributed by atoms with Crippen molar-refractivity contribution in [2.45, 2.75) is 6.10 Å². The van der Waals surface area contributed by atoms with E-state index in [0.29, 0.717) is 5.75 Å². The molecule has 2 aromatic carbocycles. The Labute approximate surface area is 133 Å². The molecule has 120 valence electrons. The van der Waals surface area contributed by atoms with Crippen LogP contribution in [-0.2, 0) is 0 Å². The fourth-order valence-electron chi connectivity index (χ4n) is 1.88. The Morgan fingerprint density at radius 3 is 1.87 bits per heavy atom. The van der Waals surface area contributed by atoms with Crippen LogP contribution in [0, 0.1) is 10.1 Å². The number of nitro groups is 1. The Hall–Kier alpha value is -2.70. The summed E-state index contributed by atoms with van der Waals surface area (Å²) in [5.74, 6) is 0.561. The smallest absolute Gasteiger partial charge is 0.269 e. The van der Waals surface area contributed by atoms with E-state index in [-0.39, 0.29) is 18.9 Å². The minimum absolute atomic E-state index is 0.0611. The molecule has 0 amide bonds. The zero-order valence-corrected chi connectivity index (χ0v) is 12.3. The summed E-state index contributed by atoms with van der Waals surface area (Å²) in [6.45, 7) is -0.503. The van der Waals surface area contributed by atoms with Gasteiger partial charge in [-0.2, -0.15) is 0 Å². The molecule has 0 bridgehead atoms. The molecule has 0 radical (unpaired) electrons. The fourth-order valence-corrected chi connectivity index (χ4v) is 1.88. The standard InChI is InChI=1S/C17H17NO5/c19-11-17(12-20)23-16-9-5-14(6-10-16)2-1-13-3-7-15(8-4-13)18(21)22/h1-10,17,19-20H,11-12H2. The van der Waals surface area contributed by atoms with E-state index in [2.05, 4.69) is 0 Å². The largest absolute Gasteiger partial charge is 0.486 e. The predicted molar refractivity (Wildman–Crippen MR) is 87.1 cm³/mol. The van der Waals surface area contributed by atoms with Crippen LogP contribution in [0.5, 0.6) is 5.75 Å². The summed E-state index contributed by atoms with van der Waals surface area (Å²) in [5.41, 5.74) is 1.85. The summed E-state index contributed by atoms with van der Waals surface area (Å²) < 4.78 is 5.38. The molecule has 0 saturated carbocycles. The molecule has 2 N–H and O–H groups in total. The van der Waals surface area contributed by atoms with Crippen LogP contribution in [0.15, 0.2) is 48.5 Å². The number of non-ortho nitro benzene ring substituents is 1. The van der Waals surface area contributed by atoms with Gasteiger partial charge in [-0.25, -0.2) is 0 Å². The molecule has 0 aliphatic rings. The molecule has 23 heavy (non-hydrogen) atoms. The lowest BCUT2D eigenvalue weighted by Crippen LogP contribution is -2.25. The molecule has 0 atom stereocenters. The SMILES string of the molecule is O=[N+]([O-])c1ccc(C=Cc2ccc(OC(CO)CO)cc2)cc1. The monoisotopic (exact) mass is 315 g/mol.